The number of urea groups is 1. The summed E-state index contributed by atoms with van der Waals surface area (Å²) in [6.07, 6.45) is 0.735. The van der Waals surface area contributed by atoms with Gasteiger partial charge in [-0.2, -0.15) is 0 Å². The van der Waals surface area contributed by atoms with Crippen LogP contribution in [-0.4, -0.2) is 29.2 Å². The second-order valence-electron chi connectivity index (χ2n) is 6.93. The summed E-state index contributed by atoms with van der Waals surface area (Å²) >= 11 is 0. The van der Waals surface area contributed by atoms with Crippen LogP contribution in [-0.2, 0) is 4.79 Å². The Morgan fingerprint density at radius 2 is 1.55 bits per heavy atom. The van der Waals surface area contributed by atoms with Crippen LogP contribution >= 0.6 is 0 Å². The minimum atomic E-state index is -1.17. The van der Waals surface area contributed by atoms with E-state index in [0.29, 0.717) is 25.3 Å². The van der Waals surface area contributed by atoms with Gasteiger partial charge >= 0.3 is 12.0 Å². The summed E-state index contributed by atoms with van der Waals surface area (Å²) in [4.78, 5) is 23.3. The van der Waals surface area contributed by atoms with E-state index >= 15 is 0 Å². The molecule has 0 spiro atoms. The number of carboxylic acid groups (broad SMARTS) is 1. The maximum atomic E-state index is 11.9. The largest absolute Gasteiger partial charge is 0.480 e. The third-order valence-electron chi connectivity index (χ3n) is 5.76. The van der Waals surface area contributed by atoms with Gasteiger partial charge in [0.1, 0.15) is 5.54 Å². The average Bonchev–Trinajstić information content (AvgIpc) is 2.74. The quantitative estimate of drug-likeness (QED) is 0.701. The first kappa shape index (κ1) is 16.8. The number of amides is 2. The lowest BCUT2D eigenvalue weighted by molar-refractivity contribution is -0.144. The molecule has 0 bridgehead atoms. The highest BCUT2D eigenvalue weighted by Gasteiger charge is 2.64. The van der Waals surface area contributed by atoms with Crippen molar-refractivity contribution in [2.45, 2.75) is 59.9 Å². The van der Waals surface area contributed by atoms with Gasteiger partial charge in [-0.3, -0.25) is 0 Å². The van der Waals surface area contributed by atoms with Crippen LogP contribution in [0.25, 0.3) is 0 Å². The summed E-state index contributed by atoms with van der Waals surface area (Å²) in [5.74, 6) is -0.562. The third kappa shape index (κ3) is 2.63. The summed E-state index contributed by atoms with van der Waals surface area (Å²) in [6.45, 7) is 12.9. The molecule has 0 radical (unpaired) electrons. The molecule has 5 heteroatoms. The van der Waals surface area contributed by atoms with Crippen LogP contribution in [0.3, 0.4) is 0 Å². The SMILES string of the molecule is CCC(CC)(NC(=O)NCC1C(C)(C)C1(C)C)C(=O)O. The van der Waals surface area contributed by atoms with Crippen molar-refractivity contribution in [3.63, 3.8) is 0 Å². The standard InChI is InChI=1S/C15H28N2O3/c1-7-15(8-2,11(18)19)17-12(20)16-9-10-13(3,4)14(10,5)6/h10H,7-9H2,1-6H3,(H,18,19)(H2,16,17,20). The van der Waals surface area contributed by atoms with Crippen molar-refractivity contribution in [2.75, 3.05) is 6.54 Å². The lowest BCUT2D eigenvalue weighted by Crippen LogP contribution is -2.56. The highest BCUT2D eigenvalue weighted by Crippen LogP contribution is 2.67. The van der Waals surface area contributed by atoms with E-state index in [1.54, 1.807) is 13.8 Å². The van der Waals surface area contributed by atoms with Gasteiger partial charge < -0.3 is 15.7 Å². The van der Waals surface area contributed by atoms with Gasteiger partial charge in [-0.1, -0.05) is 41.5 Å². The Morgan fingerprint density at radius 1 is 1.10 bits per heavy atom. The first-order chi connectivity index (χ1) is 9.05. The van der Waals surface area contributed by atoms with Gasteiger partial charge in [0.15, 0.2) is 0 Å². The summed E-state index contributed by atoms with van der Waals surface area (Å²) in [7, 11) is 0. The van der Waals surface area contributed by atoms with Gasteiger partial charge in [0.05, 0.1) is 0 Å². The van der Waals surface area contributed by atoms with Crippen LogP contribution in [0, 0.1) is 16.7 Å². The molecule has 0 aromatic heterocycles. The molecule has 5 nitrogen and oxygen atoms in total. The van der Waals surface area contributed by atoms with Gasteiger partial charge in [0.25, 0.3) is 0 Å². The highest BCUT2D eigenvalue weighted by atomic mass is 16.4. The van der Waals surface area contributed by atoms with Crippen LogP contribution in [0.4, 0.5) is 4.79 Å². The van der Waals surface area contributed by atoms with Gasteiger partial charge in [0, 0.05) is 6.54 Å². The van der Waals surface area contributed by atoms with Gasteiger partial charge in [-0.15, -0.1) is 0 Å². The molecule has 20 heavy (non-hydrogen) atoms. The number of carbonyl (C=O) groups excluding carboxylic acids is 1. The Hall–Kier alpha value is -1.26. The predicted molar refractivity (Wildman–Crippen MR) is 78.5 cm³/mol. The van der Waals surface area contributed by atoms with Crippen LogP contribution in [0.2, 0.25) is 0 Å². The van der Waals surface area contributed by atoms with Gasteiger partial charge in [0.2, 0.25) is 0 Å². The molecule has 3 N–H and O–H groups in total. The Morgan fingerprint density at radius 3 is 1.85 bits per heavy atom. The molecule has 0 unspecified atom stereocenters. The van der Waals surface area contributed by atoms with Crippen LogP contribution in [0.5, 0.6) is 0 Å². The van der Waals surface area contributed by atoms with Crippen molar-refractivity contribution in [2.24, 2.45) is 16.7 Å². The molecule has 116 valence electrons. The zero-order valence-corrected chi connectivity index (χ0v) is 13.5. The molecule has 0 atom stereocenters. The van der Waals surface area contributed by atoms with Crippen molar-refractivity contribution < 1.29 is 14.7 Å². The van der Waals surface area contributed by atoms with E-state index in [9.17, 15) is 14.7 Å². The summed E-state index contributed by atoms with van der Waals surface area (Å²) in [6, 6.07) is -0.394. The molecule has 1 aliphatic carbocycles. The van der Waals surface area contributed by atoms with E-state index in [2.05, 4.69) is 38.3 Å². The van der Waals surface area contributed by atoms with E-state index in [1.165, 1.54) is 0 Å². The molecule has 0 aliphatic heterocycles. The Kier molecular flexibility index (Phi) is 4.42. The summed E-state index contributed by atoms with van der Waals surface area (Å²) in [5.41, 5.74) is -0.752. The number of hydrogen-bond donors (Lipinski definition) is 3. The predicted octanol–water partition coefficient (Wildman–Crippen LogP) is 2.61. The van der Waals surface area contributed by atoms with Crippen LogP contribution in [0.1, 0.15) is 54.4 Å². The zero-order valence-electron chi connectivity index (χ0n) is 13.5. The molecule has 2 amide bonds. The normalized spacial score (nSPS) is 20.3. The molecular formula is C15H28N2O3. The third-order valence-corrected chi connectivity index (χ3v) is 5.76. The van der Waals surface area contributed by atoms with E-state index < -0.39 is 17.5 Å². The molecule has 0 saturated heterocycles. The van der Waals surface area contributed by atoms with Crippen molar-refractivity contribution in [1.29, 1.82) is 0 Å². The molecule has 0 aromatic rings. The lowest BCUT2D eigenvalue weighted by atomic mass is 9.93. The minimum absolute atomic E-state index is 0.208. The summed E-state index contributed by atoms with van der Waals surface area (Å²) < 4.78 is 0. The second kappa shape index (κ2) is 5.26. The fourth-order valence-electron chi connectivity index (χ4n) is 3.08. The average molecular weight is 284 g/mol. The number of hydrogen-bond acceptors (Lipinski definition) is 2. The van der Waals surface area contributed by atoms with Gasteiger partial charge in [-0.25, -0.2) is 9.59 Å². The molecule has 1 saturated carbocycles. The van der Waals surface area contributed by atoms with E-state index in [1.807, 2.05) is 0 Å². The number of carbonyl (C=O) groups is 2. The zero-order chi connectivity index (χ0) is 15.8. The number of aliphatic carboxylic acids is 1. The maximum Gasteiger partial charge on any atom is 0.329 e. The van der Waals surface area contributed by atoms with E-state index in [-0.39, 0.29) is 10.8 Å². The highest BCUT2D eigenvalue weighted by molar-refractivity contribution is 5.86. The van der Waals surface area contributed by atoms with Crippen molar-refractivity contribution in [3.05, 3.63) is 0 Å². The molecule has 0 heterocycles. The minimum Gasteiger partial charge on any atom is -0.480 e. The maximum absolute atomic E-state index is 11.9. The van der Waals surface area contributed by atoms with E-state index in [4.69, 9.17) is 0 Å². The Bertz CT molecular complexity index is 384. The number of rotatable bonds is 6. The molecule has 1 rings (SSSR count). The molecular weight excluding hydrogens is 256 g/mol. The van der Waals surface area contributed by atoms with Crippen molar-refractivity contribution >= 4 is 12.0 Å². The first-order valence-electron chi connectivity index (χ1n) is 7.34. The fraction of sp³-hybridized carbons (Fsp3) is 0.867. The first-order valence-corrected chi connectivity index (χ1v) is 7.34. The molecule has 0 aromatic carbocycles. The monoisotopic (exact) mass is 284 g/mol. The summed E-state index contributed by atoms with van der Waals surface area (Å²) in [5, 5.41) is 14.7. The molecule has 1 fully saturated rings. The van der Waals surface area contributed by atoms with Crippen molar-refractivity contribution in [3.8, 4) is 0 Å². The second-order valence-corrected chi connectivity index (χ2v) is 6.93. The smallest absolute Gasteiger partial charge is 0.329 e. The van der Waals surface area contributed by atoms with Crippen LogP contribution < -0.4 is 10.6 Å². The Labute approximate surface area is 121 Å². The van der Waals surface area contributed by atoms with Crippen LogP contribution in [0.15, 0.2) is 0 Å². The lowest BCUT2D eigenvalue weighted by Gasteiger charge is -2.28. The van der Waals surface area contributed by atoms with Crippen molar-refractivity contribution in [1.82, 2.24) is 10.6 Å². The topological polar surface area (TPSA) is 78.4 Å². The van der Waals surface area contributed by atoms with E-state index in [0.717, 1.165) is 0 Å². The number of nitrogens with one attached hydrogen (secondary N) is 2. The molecule has 1 aliphatic rings. The fourth-order valence-corrected chi connectivity index (χ4v) is 3.08. The Balaban J connectivity index is 2.55. The van der Waals surface area contributed by atoms with Gasteiger partial charge in [-0.05, 0) is 29.6 Å². The number of carboxylic acids is 1.